The van der Waals surface area contributed by atoms with Crippen molar-refractivity contribution in [1.82, 2.24) is 5.32 Å². The number of nitrogens with two attached hydrogens (primary N) is 1. The van der Waals surface area contributed by atoms with E-state index in [1.54, 1.807) is 13.2 Å². The number of rotatable bonds is 10. The van der Waals surface area contributed by atoms with E-state index in [0.29, 0.717) is 30.2 Å². The van der Waals surface area contributed by atoms with Gasteiger partial charge in [0.25, 0.3) is 0 Å². The predicted molar refractivity (Wildman–Crippen MR) is 104 cm³/mol. The van der Waals surface area contributed by atoms with Gasteiger partial charge in [-0.2, -0.15) is 0 Å². The third kappa shape index (κ3) is 5.93. The zero-order valence-corrected chi connectivity index (χ0v) is 15.4. The number of benzene rings is 2. The van der Waals surface area contributed by atoms with Gasteiger partial charge in [0.2, 0.25) is 5.91 Å². The summed E-state index contributed by atoms with van der Waals surface area (Å²) in [4.78, 5) is 11.2. The van der Waals surface area contributed by atoms with Crippen LogP contribution < -0.4 is 20.5 Å². The van der Waals surface area contributed by atoms with Gasteiger partial charge in [-0.15, -0.1) is 0 Å². The summed E-state index contributed by atoms with van der Waals surface area (Å²) >= 11 is 0. The van der Waals surface area contributed by atoms with Gasteiger partial charge in [0.15, 0.2) is 11.5 Å². The highest BCUT2D eigenvalue weighted by Crippen LogP contribution is 2.28. The number of primary amides is 1. The molecular formula is C21H26N2O3. The SMILES string of the molecule is C=C(C)COc1cc(CNCCc2cccc(C(N)=O)c2)ccc1OC. The lowest BCUT2D eigenvalue weighted by Crippen LogP contribution is -2.17. The minimum absolute atomic E-state index is 0.402. The Balaban J connectivity index is 1.89. The third-order valence-corrected chi connectivity index (χ3v) is 3.83. The van der Waals surface area contributed by atoms with Gasteiger partial charge in [-0.3, -0.25) is 4.79 Å². The smallest absolute Gasteiger partial charge is 0.248 e. The molecule has 0 bridgehead atoms. The van der Waals surface area contributed by atoms with E-state index in [-0.39, 0.29) is 0 Å². The van der Waals surface area contributed by atoms with Crippen LogP contribution in [0.25, 0.3) is 0 Å². The van der Waals surface area contributed by atoms with Crippen molar-refractivity contribution in [2.24, 2.45) is 5.73 Å². The van der Waals surface area contributed by atoms with Gasteiger partial charge in [-0.1, -0.05) is 24.8 Å². The summed E-state index contributed by atoms with van der Waals surface area (Å²) in [6.45, 7) is 7.73. The lowest BCUT2D eigenvalue weighted by molar-refractivity contribution is 0.1000. The molecule has 0 unspecified atom stereocenters. The number of carbonyl (C=O) groups is 1. The van der Waals surface area contributed by atoms with Crippen LogP contribution >= 0.6 is 0 Å². The Morgan fingerprint density at radius 3 is 2.65 bits per heavy atom. The van der Waals surface area contributed by atoms with Crippen LogP contribution in [0.1, 0.15) is 28.4 Å². The summed E-state index contributed by atoms with van der Waals surface area (Å²) in [5.41, 5.74) is 8.99. The van der Waals surface area contributed by atoms with Crippen LogP contribution in [0.5, 0.6) is 11.5 Å². The van der Waals surface area contributed by atoms with E-state index in [0.717, 1.165) is 29.7 Å². The summed E-state index contributed by atoms with van der Waals surface area (Å²) in [6, 6.07) is 13.3. The standard InChI is InChI=1S/C21H26N2O3/c1-15(2)14-26-20-12-17(7-8-19(20)25-3)13-23-10-9-16-5-4-6-18(11-16)21(22)24/h4-8,11-12,23H,1,9-10,13-14H2,2-3H3,(H2,22,24). The molecule has 0 aromatic heterocycles. The first-order valence-corrected chi connectivity index (χ1v) is 8.53. The van der Waals surface area contributed by atoms with Crippen molar-refractivity contribution in [2.45, 2.75) is 19.9 Å². The topological polar surface area (TPSA) is 73.6 Å². The molecule has 0 aliphatic rings. The Bertz CT molecular complexity index is 772. The summed E-state index contributed by atoms with van der Waals surface area (Å²) in [6.07, 6.45) is 0.816. The van der Waals surface area contributed by atoms with Gasteiger partial charge < -0.3 is 20.5 Å². The highest BCUT2D eigenvalue weighted by molar-refractivity contribution is 5.92. The second-order valence-corrected chi connectivity index (χ2v) is 6.22. The average molecular weight is 354 g/mol. The Hall–Kier alpha value is -2.79. The molecule has 5 heteroatoms. The molecule has 26 heavy (non-hydrogen) atoms. The van der Waals surface area contributed by atoms with E-state index in [1.165, 1.54) is 0 Å². The number of hydrogen-bond acceptors (Lipinski definition) is 4. The Morgan fingerprint density at radius 2 is 1.96 bits per heavy atom. The van der Waals surface area contributed by atoms with Gasteiger partial charge in [-0.05, 0) is 60.9 Å². The lowest BCUT2D eigenvalue weighted by atomic mass is 10.1. The largest absolute Gasteiger partial charge is 0.493 e. The van der Waals surface area contributed by atoms with Crippen LogP contribution in [-0.2, 0) is 13.0 Å². The molecule has 0 spiro atoms. The third-order valence-electron chi connectivity index (χ3n) is 3.83. The molecule has 0 radical (unpaired) electrons. The maximum atomic E-state index is 11.2. The molecule has 0 atom stereocenters. The molecule has 0 aliphatic carbocycles. The molecule has 0 saturated heterocycles. The minimum atomic E-state index is -0.402. The second-order valence-electron chi connectivity index (χ2n) is 6.22. The van der Waals surface area contributed by atoms with Gasteiger partial charge in [0, 0.05) is 12.1 Å². The van der Waals surface area contributed by atoms with E-state index in [2.05, 4.69) is 11.9 Å². The number of ether oxygens (including phenoxy) is 2. The predicted octanol–water partition coefficient (Wildman–Crippen LogP) is 3.08. The van der Waals surface area contributed by atoms with Crippen LogP contribution in [0.2, 0.25) is 0 Å². The van der Waals surface area contributed by atoms with Crippen molar-refractivity contribution in [3.05, 3.63) is 71.3 Å². The summed E-state index contributed by atoms with van der Waals surface area (Å²) in [7, 11) is 1.63. The maximum absolute atomic E-state index is 11.2. The van der Waals surface area contributed by atoms with Crippen LogP contribution in [0.4, 0.5) is 0 Å². The van der Waals surface area contributed by atoms with E-state index in [4.69, 9.17) is 15.2 Å². The summed E-state index contributed by atoms with van der Waals surface area (Å²) < 4.78 is 11.1. The highest BCUT2D eigenvalue weighted by Gasteiger charge is 2.06. The molecule has 2 aromatic rings. The van der Waals surface area contributed by atoms with Crippen molar-refractivity contribution in [3.63, 3.8) is 0 Å². The molecule has 1 amide bonds. The van der Waals surface area contributed by atoms with Crippen LogP contribution in [0, 0.1) is 0 Å². The monoisotopic (exact) mass is 354 g/mol. The van der Waals surface area contributed by atoms with E-state index < -0.39 is 5.91 Å². The van der Waals surface area contributed by atoms with Crippen molar-refractivity contribution in [2.75, 3.05) is 20.3 Å². The van der Waals surface area contributed by atoms with Crippen molar-refractivity contribution >= 4 is 5.91 Å². The first kappa shape index (κ1) is 19.5. The normalized spacial score (nSPS) is 10.4. The van der Waals surface area contributed by atoms with Crippen LogP contribution in [-0.4, -0.2) is 26.2 Å². The Kier molecular flexibility index (Phi) is 7.24. The zero-order chi connectivity index (χ0) is 18.9. The maximum Gasteiger partial charge on any atom is 0.248 e. The molecule has 2 rings (SSSR count). The molecule has 138 valence electrons. The molecule has 5 nitrogen and oxygen atoms in total. The number of methoxy groups -OCH3 is 1. The fraction of sp³-hybridized carbons (Fsp3) is 0.286. The van der Waals surface area contributed by atoms with Crippen molar-refractivity contribution in [1.29, 1.82) is 0 Å². The Labute approximate surface area is 154 Å². The molecule has 0 aliphatic heterocycles. The van der Waals surface area contributed by atoms with Crippen molar-refractivity contribution < 1.29 is 14.3 Å². The molecule has 3 N–H and O–H groups in total. The van der Waals surface area contributed by atoms with Gasteiger partial charge in [0.1, 0.15) is 6.61 Å². The van der Waals surface area contributed by atoms with Crippen LogP contribution in [0.15, 0.2) is 54.6 Å². The lowest BCUT2D eigenvalue weighted by Gasteiger charge is -2.13. The van der Waals surface area contributed by atoms with E-state index >= 15 is 0 Å². The minimum Gasteiger partial charge on any atom is -0.493 e. The summed E-state index contributed by atoms with van der Waals surface area (Å²) in [5.74, 6) is 1.02. The highest BCUT2D eigenvalue weighted by atomic mass is 16.5. The molecule has 0 heterocycles. The number of nitrogens with one attached hydrogen (secondary N) is 1. The first-order valence-electron chi connectivity index (χ1n) is 8.53. The van der Waals surface area contributed by atoms with Gasteiger partial charge in [0.05, 0.1) is 7.11 Å². The number of carbonyl (C=O) groups excluding carboxylic acids is 1. The molecular weight excluding hydrogens is 328 g/mol. The number of hydrogen-bond donors (Lipinski definition) is 2. The van der Waals surface area contributed by atoms with Crippen molar-refractivity contribution in [3.8, 4) is 11.5 Å². The quantitative estimate of drug-likeness (QED) is 0.508. The second kappa shape index (κ2) is 9.63. The number of amides is 1. The van der Waals surface area contributed by atoms with Crippen LogP contribution in [0.3, 0.4) is 0 Å². The summed E-state index contributed by atoms with van der Waals surface area (Å²) in [5, 5.41) is 3.40. The zero-order valence-electron chi connectivity index (χ0n) is 15.4. The van der Waals surface area contributed by atoms with Gasteiger partial charge in [-0.25, -0.2) is 0 Å². The fourth-order valence-corrected chi connectivity index (χ4v) is 2.49. The first-order chi connectivity index (χ1) is 12.5. The molecule has 0 fully saturated rings. The Morgan fingerprint density at radius 1 is 1.15 bits per heavy atom. The average Bonchev–Trinajstić information content (AvgIpc) is 2.63. The van der Waals surface area contributed by atoms with E-state index in [9.17, 15) is 4.79 Å². The fourth-order valence-electron chi connectivity index (χ4n) is 2.49. The molecule has 2 aromatic carbocycles. The molecule has 0 saturated carbocycles. The van der Waals surface area contributed by atoms with E-state index in [1.807, 2.05) is 43.3 Å². The van der Waals surface area contributed by atoms with Gasteiger partial charge >= 0.3 is 0 Å².